The molecule has 22 heavy (non-hydrogen) atoms. The van der Waals surface area contributed by atoms with E-state index in [1.165, 1.54) is 6.26 Å². The van der Waals surface area contributed by atoms with Crippen molar-refractivity contribution in [2.75, 3.05) is 6.54 Å². The summed E-state index contributed by atoms with van der Waals surface area (Å²) >= 11 is 0. The third kappa shape index (κ3) is 9.13. The molecule has 6 heteroatoms. The van der Waals surface area contributed by atoms with Crippen molar-refractivity contribution in [1.82, 2.24) is 10.6 Å². The van der Waals surface area contributed by atoms with Gasteiger partial charge in [-0.25, -0.2) is 9.80 Å². The normalized spacial score (nSPS) is 16.8. The smallest absolute Gasteiger partial charge is 0.424 e. The maximum absolute atomic E-state index is 10.9. The number of allylic oxidation sites excluding steroid dienone is 12. The third-order valence-corrected chi connectivity index (χ3v) is 2.21. The van der Waals surface area contributed by atoms with Gasteiger partial charge in [0.1, 0.15) is 6.26 Å². The van der Waals surface area contributed by atoms with E-state index < -0.39 is 6.09 Å². The molecule has 0 unspecified atom stereocenters. The average molecular weight is 302 g/mol. The van der Waals surface area contributed by atoms with E-state index in [-0.39, 0.29) is 6.54 Å². The first-order valence-electron chi connectivity index (χ1n) is 6.54. The SMILES string of the molecule is O=C(O)N1CC=CC=CC=CC=CC=CC=CC=COON1. The van der Waals surface area contributed by atoms with Crippen molar-refractivity contribution in [2.24, 2.45) is 0 Å². The Morgan fingerprint density at radius 1 is 0.864 bits per heavy atom. The van der Waals surface area contributed by atoms with Gasteiger partial charge in [-0.05, 0) is 6.08 Å². The highest BCUT2D eigenvalue weighted by molar-refractivity contribution is 5.64. The summed E-state index contributed by atoms with van der Waals surface area (Å²) in [6.07, 6.45) is 23.5. The minimum atomic E-state index is -1.19. The van der Waals surface area contributed by atoms with E-state index in [4.69, 9.17) is 5.11 Å². The molecular weight excluding hydrogens is 284 g/mol. The Kier molecular flexibility index (Phi) is 9.36. The molecule has 0 saturated heterocycles. The van der Waals surface area contributed by atoms with Gasteiger partial charge in [-0.3, -0.25) is 0 Å². The van der Waals surface area contributed by atoms with Gasteiger partial charge in [0.25, 0.3) is 0 Å². The first kappa shape index (κ1) is 17.2. The number of nitrogens with one attached hydrogen (secondary N) is 1. The molecule has 0 atom stereocenters. The molecular formula is C16H18N2O4. The minimum absolute atomic E-state index is 0.0974. The second-order valence-corrected chi connectivity index (χ2v) is 3.85. The van der Waals surface area contributed by atoms with Crippen molar-refractivity contribution < 1.29 is 19.8 Å². The summed E-state index contributed by atoms with van der Waals surface area (Å²) < 4.78 is 0. The van der Waals surface area contributed by atoms with E-state index in [0.717, 1.165) is 5.01 Å². The standard InChI is InChI=1S/C16H18N2O4/c19-16(20)18-14-12-10-8-6-4-2-1-3-5-7-9-11-13-15-21-22-17-18/h1-13,15,17H,14H2,(H,19,20). The maximum Gasteiger partial charge on any atom is 0.424 e. The predicted octanol–water partition coefficient (Wildman–Crippen LogP) is 3.20. The van der Waals surface area contributed by atoms with Crippen molar-refractivity contribution >= 4 is 6.09 Å². The zero-order chi connectivity index (χ0) is 15.9. The molecule has 1 aliphatic heterocycles. The van der Waals surface area contributed by atoms with Crippen LogP contribution in [0, 0.1) is 0 Å². The third-order valence-electron chi connectivity index (χ3n) is 2.21. The summed E-state index contributed by atoms with van der Waals surface area (Å²) in [5.41, 5.74) is 2.16. The molecule has 0 aromatic rings. The molecule has 0 radical (unpaired) electrons. The van der Waals surface area contributed by atoms with Gasteiger partial charge in [-0.2, -0.15) is 0 Å². The lowest BCUT2D eigenvalue weighted by Crippen LogP contribution is -2.41. The Balaban J connectivity index is 2.66. The van der Waals surface area contributed by atoms with Gasteiger partial charge in [0.05, 0.1) is 6.54 Å². The number of carboxylic acid groups (broad SMARTS) is 1. The van der Waals surface area contributed by atoms with Gasteiger partial charge in [-0.15, -0.1) is 0 Å². The van der Waals surface area contributed by atoms with Crippen LogP contribution in [0.3, 0.4) is 0 Å². The lowest BCUT2D eigenvalue weighted by Gasteiger charge is -2.15. The number of hydrogen-bond acceptors (Lipinski definition) is 4. The molecule has 0 aromatic heterocycles. The average Bonchev–Trinajstić information content (AvgIpc) is 2.50. The summed E-state index contributed by atoms with van der Waals surface area (Å²) in [6, 6.07) is 0. The number of rotatable bonds is 0. The van der Waals surface area contributed by atoms with Gasteiger partial charge in [-0.1, -0.05) is 83.5 Å². The summed E-state index contributed by atoms with van der Waals surface area (Å²) in [6.45, 7) is 0.0974. The first-order valence-corrected chi connectivity index (χ1v) is 6.54. The number of nitrogens with zero attached hydrogens (tertiary/aromatic N) is 1. The molecule has 0 saturated carbocycles. The first-order chi connectivity index (χ1) is 10.8. The van der Waals surface area contributed by atoms with E-state index in [1.54, 1.807) is 30.4 Å². The van der Waals surface area contributed by atoms with Crippen LogP contribution in [0.15, 0.2) is 85.3 Å². The van der Waals surface area contributed by atoms with E-state index >= 15 is 0 Å². The molecule has 1 rings (SSSR count). The molecule has 1 aliphatic rings. The van der Waals surface area contributed by atoms with Gasteiger partial charge < -0.3 is 9.99 Å². The highest BCUT2D eigenvalue weighted by Crippen LogP contribution is 1.90. The number of hydrazine groups is 1. The van der Waals surface area contributed by atoms with Crippen molar-refractivity contribution in [3.8, 4) is 0 Å². The quantitative estimate of drug-likeness (QED) is 0.672. The van der Waals surface area contributed by atoms with Crippen LogP contribution >= 0.6 is 0 Å². The number of carbonyl (C=O) groups is 1. The molecule has 0 bridgehead atoms. The van der Waals surface area contributed by atoms with Crippen molar-refractivity contribution in [3.05, 3.63) is 85.3 Å². The fourth-order valence-corrected chi connectivity index (χ4v) is 1.21. The molecule has 116 valence electrons. The highest BCUT2D eigenvalue weighted by atomic mass is 17.3. The van der Waals surface area contributed by atoms with Crippen LogP contribution in [0.4, 0.5) is 4.79 Å². The topological polar surface area (TPSA) is 71.0 Å². The summed E-state index contributed by atoms with van der Waals surface area (Å²) in [5, 5.41) is 9.77. The Morgan fingerprint density at radius 2 is 1.36 bits per heavy atom. The largest absolute Gasteiger partial charge is 0.464 e. The van der Waals surface area contributed by atoms with Crippen LogP contribution in [-0.2, 0) is 9.88 Å². The fourth-order valence-electron chi connectivity index (χ4n) is 1.21. The van der Waals surface area contributed by atoms with E-state index in [0.29, 0.717) is 0 Å². The zero-order valence-electron chi connectivity index (χ0n) is 11.9. The van der Waals surface area contributed by atoms with Crippen molar-refractivity contribution in [2.45, 2.75) is 0 Å². The van der Waals surface area contributed by atoms with E-state index in [9.17, 15) is 4.79 Å². The van der Waals surface area contributed by atoms with Gasteiger partial charge >= 0.3 is 6.09 Å². The lowest BCUT2D eigenvalue weighted by atomic mass is 10.3. The Hall–Kier alpha value is -2.83. The Labute approximate surface area is 129 Å². The Bertz CT molecular complexity index is 528. The van der Waals surface area contributed by atoms with Crippen LogP contribution in [0.5, 0.6) is 0 Å². The molecule has 0 aromatic carbocycles. The summed E-state index contributed by atoms with van der Waals surface area (Å²) in [5.74, 6) is 0. The summed E-state index contributed by atoms with van der Waals surface area (Å²) in [7, 11) is 0. The molecule has 2 N–H and O–H groups in total. The second kappa shape index (κ2) is 12.0. The monoisotopic (exact) mass is 302 g/mol. The molecule has 1 amide bonds. The van der Waals surface area contributed by atoms with Crippen LogP contribution in [0.1, 0.15) is 0 Å². The second-order valence-electron chi connectivity index (χ2n) is 3.85. The van der Waals surface area contributed by atoms with Gasteiger partial charge in [0, 0.05) is 0 Å². The zero-order valence-corrected chi connectivity index (χ0v) is 11.9. The molecule has 1 heterocycles. The van der Waals surface area contributed by atoms with Crippen LogP contribution < -0.4 is 5.59 Å². The van der Waals surface area contributed by atoms with Crippen molar-refractivity contribution in [1.29, 1.82) is 0 Å². The molecule has 0 spiro atoms. The molecule has 0 aliphatic carbocycles. The maximum atomic E-state index is 10.9. The van der Waals surface area contributed by atoms with Gasteiger partial charge in [0.2, 0.25) is 0 Å². The van der Waals surface area contributed by atoms with Crippen molar-refractivity contribution in [3.63, 3.8) is 0 Å². The number of hydrogen-bond donors (Lipinski definition) is 2. The van der Waals surface area contributed by atoms with Crippen LogP contribution in [0.25, 0.3) is 0 Å². The fraction of sp³-hybridized carbons (Fsp3) is 0.0625. The van der Waals surface area contributed by atoms with E-state index in [1.807, 2.05) is 48.6 Å². The lowest BCUT2D eigenvalue weighted by molar-refractivity contribution is -0.328. The van der Waals surface area contributed by atoms with Crippen LogP contribution in [-0.4, -0.2) is 22.8 Å². The highest BCUT2D eigenvalue weighted by Gasteiger charge is 2.09. The molecule has 0 fully saturated rings. The number of amides is 1. The summed E-state index contributed by atoms with van der Waals surface area (Å²) in [4.78, 5) is 20.1. The minimum Gasteiger partial charge on any atom is -0.464 e. The predicted molar refractivity (Wildman–Crippen MR) is 84.0 cm³/mol. The van der Waals surface area contributed by atoms with Crippen LogP contribution in [0.2, 0.25) is 0 Å². The Morgan fingerprint density at radius 3 is 1.91 bits per heavy atom. The van der Waals surface area contributed by atoms with E-state index in [2.05, 4.69) is 15.5 Å². The van der Waals surface area contributed by atoms with Gasteiger partial charge in [0.15, 0.2) is 0 Å². The molecule has 6 nitrogen and oxygen atoms in total.